The number of carbonyl (C=O) groups excluding carboxylic acids is 1. The molecule has 0 saturated carbocycles. The molecule has 1 heterocycles. The van der Waals surface area contributed by atoms with Gasteiger partial charge in [0.15, 0.2) is 0 Å². The summed E-state index contributed by atoms with van der Waals surface area (Å²) in [5.74, 6) is 0.0659. The topological polar surface area (TPSA) is 55.1 Å². The Morgan fingerprint density at radius 1 is 1.62 bits per heavy atom. The van der Waals surface area contributed by atoms with Crippen LogP contribution in [0.4, 0.5) is 0 Å². The number of hydrogen-bond acceptors (Lipinski definition) is 3. The van der Waals surface area contributed by atoms with Gasteiger partial charge in [-0.15, -0.1) is 0 Å². The van der Waals surface area contributed by atoms with Gasteiger partial charge in [0.1, 0.15) is 0 Å². The Bertz CT molecular complexity index is 298. The fourth-order valence-corrected chi connectivity index (χ4v) is 2.27. The number of hydrogen-bond donors (Lipinski definition) is 2. The van der Waals surface area contributed by atoms with Crippen molar-refractivity contribution >= 4 is 17.2 Å². The predicted molar refractivity (Wildman–Crippen MR) is 68.5 cm³/mol. The molecule has 90 valence electrons. The summed E-state index contributed by atoms with van der Waals surface area (Å²) in [5.41, 5.74) is 7.07. The van der Waals surface area contributed by atoms with Gasteiger partial charge in [0, 0.05) is 19.0 Å². The van der Waals surface area contributed by atoms with Gasteiger partial charge < -0.3 is 11.1 Å². The molecule has 1 atom stereocenters. The molecule has 0 radical (unpaired) electrons. The summed E-state index contributed by atoms with van der Waals surface area (Å²) < 4.78 is 0. The highest BCUT2D eigenvalue weighted by Gasteiger charge is 2.07. The summed E-state index contributed by atoms with van der Waals surface area (Å²) >= 11 is 1.68. The van der Waals surface area contributed by atoms with Crippen LogP contribution in [0.1, 0.15) is 31.7 Å². The highest BCUT2D eigenvalue weighted by Crippen LogP contribution is 2.05. The predicted octanol–water partition coefficient (Wildman–Crippen LogP) is 1.92. The van der Waals surface area contributed by atoms with E-state index >= 15 is 0 Å². The molecule has 1 amide bonds. The number of nitrogens with two attached hydrogens (primary N) is 1. The van der Waals surface area contributed by atoms with Crippen molar-refractivity contribution in [1.82, 2.24) is 5.32 Å². The highest BCUT2D eigenvalue weighted by atomic mass is 32.1. The summed E-state index contributed by atoms with van der Waals surface area (Å²) in [6.07, 6.45) is 3.29. The minimum Gasteiger partial charge on any atom is -0.356 e. The molecular formula is C12H20N2OS. The van der Waals surface area contributed by atoms with Crippen LogP contribution in [0.25, 0.3) is 0 Å². The molecular weight excluding hydrogens is 220 g/mol. The zero-order chi connectivity index (χ0) is 11.8. The van der Waals surface area contributed by atoms with Crippen LogP contribution >= 0.6 is 11.3 Å². The Labute approximate surface area is 101 Å². The fourth-order valence-electron chi connectivity index (χ4n) is 1.56. The molecule has 1 aromatic heterocycles. The minimum atomic E-state index is 0.00569. The van der Waals surface area contributed by atoms with Crippen LogP contribution in [0.2, 0.25) is 0 Å². The number of carbonyl (C=O) groups is 1. The summed E-state index contributed by atoms with van der Waals surface area (Å²) in [4.78, 5) is 11.5. The Morgan fingerprint density at radius 2 is 2.44 bits per heavy atom. The number of thiophene rings is 1. The first-order valence-electron chi connectivity index (χ1n) is 5.75. The normalized spacial score (nSPS) is 12.4. The highest BCUT2D eigenvalue weighted by molar-refractivity contribution is 7.07. The van der Waals surface area contributed by atoms with Crippen molar-refractivity contribution in [2.75, 3.05) is 6.54 Å². The van der Waals surface area contributed by atoms with Crippen LogP contribution < -0.4 is 11.1 Å². The molecule has 0 aromatic carbocycles. The molecule has 3 N–H and O–H groups in total. The molecule has 0 bridgehead atoms. The molecule has 0 aliphatic carbocycles. The lowest BCUT2D eigenvalue weighted by Gasteiger charge is -2.10. The van der Waals surface area contributed by atoms with E-state index in [4.69, 9.17) is 5.73 Å². The number of rotatable bonds is 7. The van der Waals surface area contributed by atoms with Crippen LogP contribution in [0.5, 0.6) is 0 Å². The van der Waals surface area contributed by atoms with Gasteiger partial charge in [-0.1, -0.05) is 13.3 Å². The lowest BCUT2D eigenvalue weighted by atomic mass is 10.1. The third-order valence-electron chi connectivity index (χ3n) is 2.42. The van der Waals surface area contributed by atoms with Gasteiger partial charge in [-0.25, -0.2) is 0 Å². The lowest BCUT2D eigenvalue weighted by molar-refractivity contribution is -0.121. The Balaban J connectivity index is 2.10. The summed E-state index contributed by atoms with van der Waals surface area (Å²) in [7, 11) is 0. The zero-order valence-corrected chi connectivity index (χ0v) is 10.6. The van der Waals surface area contributed by atoms with Crippen molar-refractivity contribution in [2.24, 2.45) is 5.73 Å². The molecule has 16 heavy (non-hydrogen) atoms. The van der Waals surface area contributed by atoms with Gasteiger partial charge in [0.05, 0.1) is 0 Å². The first-order valence-corrected chi connectivity index (χ1v) is 6.70. The maximum Gasteiger partial charge on any atom is 0.221 e. The van der Waals surface area contributed by atoms with E-state index in [1.54, 1.807) is 11.3 Å². The second-order valence-corrected chi connectivity index (χ2v) is 4.76. The van der Waals surface area contributed by atoms with Crippen molar-refractivity contribution in [3.8, 4) is 0 Å². The van der Waals surface area contributed by atoms with Crippen LogP contribution in [-0.2, 0) is 11.2 Å². The van der Waals surface area contributed by atoms with Crippen LogP contribution in [-0.4, -0.2) is 18.5 Å². The molecule has 0 aliphatic heterocycles. The van der Waals surface area contributed by atoms with E-state index in [0.717, 1.165) is 19.3 Å². The molecule has 1 aromatic rings. The van der Waals surface area contributed by atoms with Crippen molar-refractivity contribution in [1.29, 1.82) is 0 Å². The van der Waals surface area contributed by atoms with Gasteiger partial charge >= 0.3 is 0 Å². The van der Waals surface area contributed by atoms with Crippen molar-refractivity contribution < 1.29 is 4.79 Å². The molecule has 0 saturated heterocycles. The molecule has 1 unspecified atom stereocenters. The van der Waals surface area contributed by atoms with Gasteiger partial charge in [0.25, 0.3) is 0 Å². The van der Waals surface area contributed by atoms with E-state index < -0.39 is 0 Å². The van der Waals surface area contributed by atoms with Crippen molar-refractivity contribution in [3.05, 3.63) is 22.4 Å². The van der Waals surface area contributed by atoms with E-state index in [0.29, 0.717) is 13.0 Å². The Kier molecular flexibility index (Phi) is 6.11. The fraction of sp³-hybridized carbons (Fsp3) is 0.583. The van der Waals surface area contributed by atoms with Gasteiger partial charge in [-0.2, -0.15) is 11.3 Å². The van der Waals surface area contributed by atoms with E-state index in [-0.39, 0.29) is 11.9 Å². The average Bonchev–Trinajstić information content (AvgIpc) is 2.70. The molecule has 4 heteroatoms. The van der Waals surface area contributed by atoms with Gasteiger partial charge in [-0.3, -0.25) is 4.79 Å². The summed E-state index contributed by atoms with van der Waals surface area (Å²) in [6.45, 7) is 2.78. The average molecular weight is 240 g/mol. The largest absolute Gasteiger partial charge is 0.356 e. The first-order chi connectivity index (χ1) is 7.72. The number of amides is 1. The minimum absolute atomic E-state index is 0.00569. The maximum atomic E-state index is 11.5. The van der Waals surface area contributed by atoms with E-state index in [1.165, 1.54) is 5.56 Å². The first kappa shape index (κ1) is 13.2. The molecule has 3 nitrogen and oxygen atoms in total. The standard InChI is InChI=1S/C12H20N2OS/c1-2-3-11(13)8-12(15)14-6-4-10-5-7-16-9-10/h5,7,9,11H,2-4,6,8,13H2,1H3,(H,14,15). The number of nitrogens with one attached hydrogen (secondary N) is 1. The second-order valence-electron chi connectivity index (χ2n) is 3.98. The quantitative estimate of drug-likeness (QED) is 0.765. The van der Waals surface area contributed by atoms with E-state index in [9.17, 15) is 4.79 Å². The summed E-state index contributed by atoms with van der Waals surface area (Å²) in [5, 5.41) is 7.05. The zero-order valence-electron chi connectivity index (χ0n) is 9.74. The van der Waals surface area contributed by atoms with Crippen LogP contribution in [0.3, 0.4) is 0 Å². The van der Waals surface area contributed by atoms with E-state index in [2.05, 4.69) is 23.7 Å². The molecule has 1 rings (SSSR count). The molecule has 0 spiro atoms. The third-order valence-corrected chi connectivity index (χ3v) is 3.16. The smallest absolute Gasteiger partial charge is 0.221 e. The van der Waals surface area contributed by atoms with E-state index in [1.807, 2.05) is 5.38 Å². The Morgan fingerprint density at radius 3 is 3.06 bits per heavy atom. The molecule has 0 aliphatic rings. The third kappa shape index (κ3) is 5.28. The Hall–Kier alpha value is -0.870. The molecule has 0 fully saturated rings. The summed E-state index contributed by atoms with van der Waals surface area (Å²) in [6, 6.07) is 2.09. The van der Waals surface area contributed by atoms with Gasteiger partial charge in [0.2, 0.25) is 5.91 Å². The van der Waals surface area contributed by atoms with Gasteiger partial charge in [-0.05, 0) is 35.2 Å². The lowest BCUT2D eigenvalue weighted by Crippen LogP contribution is -2.32. The van der Waals surface area contributed by atoms with Crippen molar-refractivity contribution in [3.63, 3.8) is 0 Å². The SMILES string of the molecule is CCCC(N)CC(=O)NCCc1ccsc1. The second kappa shape index (κ2) is 7.41. The van der Waals surface area contributed by atoms with Crippen molar-refractivity contribution in [2.45, 2.75) is 38.6 Å². The van der Waals surface area contributed by atoms with Crippen LogP contribution in [0.15, 0.2) is 16.8 Å². The monoisotopic (exact) mass is 240 g/mol. The maximum absolute atomic E-state index is 11.5. The van der Waals surface area contributed by atoms with Crippen LogP contribution in [0, 0.1) is 0 Å².